The van der Waals surface area contributed by atoms with Crippen molar-refractivity contribution in [2.75, 3.05) is 5.32 Å². The molecule has 0 radical (unpaired) electrons. The zero-order valence-corrected chi connectivity index (χ0v) is 16.7. The average Bonchev–Trinajstić information content (AvgIpc) is 3.23. The van der Waals surface area contributed by atoms with Crippen LogP contribution in [0.4, 0.5) is 14.9 Å². The molecule has 2 amide bonds. The number of carbonyl (C=O) groups excluding carboxylic acids is 1. The van der Waals surface area contributed by atoms with E-state index in [1.54, 1.807) is 6.92 Å². The molecule has 0 bridgehead atoms. The molecule has 8 nitrogen and oxygen atoms in total. The fourth-order valence-electron chi connectivity index (χ4n) is 3.66. The third kappa shape index (κ3) is 3.42. The van der Waals surface area contributed by atoms with Crippen LogP contribution in [0.15, 0.2) is 15.6 Å². The molecule has 2 aliphatic carbocycles. The number of urea groups is 1. The number of halogens is 1. The Balaban J connectivity index is 1.68. The topological polar surface area (TPSA) is 115 Å². The van der Waals surface area contributed by atoms with Crippen molar-refractivity contribution in [2.45, 2.75) is 63.4 Å². The zero-order chi connectivity index (χ0) is 20.1. The smallest absolute Gasteiger partial charge is 0.305 e. The molecule has 0 unspecified atom stereocenters. The number of aromatic nitrogens is 3. The number of pyridine rings is 1. The van der Waals surface area contributed by atoms with Crippen molar-refractivity contribution in [3.05, 3.63) is 34.5 Å². The van der Waals surface area contributed by atoms with Gasteiger partial charge < -0.3 is 5.32 Å². The highest BCUT2D eigenvalue weighted by atomic mass is 32.2. The van der Waals surface area contributed by atoms with Gasteiger partial charge in [0, 0.05) is 23.9 Å². The number of fused-ring (bicyclic) bond motifs is 1. The lowest BCUT2D eigenvalue weighted by atomic mass is 10.0. The first-order valence-corrected chi connectivity index (χ1v) is 11.0. The van der Waals surface area contributed by atoms with E-state index in [1.165, 1.54) is 4.68 Å². The van der Waals surface area contributed by atoms with Crippen molar-refractivity contribution < 1.29 is 13.4 Å². The van der Waals surface area contributed by atoms with Crippen LogP contribution in [0.1, 0.15) is 54.6 Å². The van der Waals surface area contributed by atoms with Crippen molar-refractivity contribution in [2.24, 2.45) is 9.50 Å². The Morgan fingerprint density at radius 3 is 2.86 bits per heavy atom. The van der Waals surface area contributed by atoms with Crippen molar-refractivity contribution in [3.63, 3.8) is 0 Å². The van der Waals surface area contributed by atoms with Crippen LogP contribution in [0.3, 0.4) is 0 Å². The van der Waals surface area contributed by atoms with Gasteiger partial charge in [-0.3, -0.25) is 9.67 Å². The maximum absolute atomic E-state index is 14.0. The van der Waals surface area contributed by atoms with Crippen molar-refractivity contribution >= 4 is 21.6 Å². The molecule has 1 atom stereocenters. The second kappa shape index (κ2) is 6.93. The molecule has 4 rings (SSSR count). The Kier molecular flexibility index (Phi) is 4.70. The van der Waals surface area contributed by atoms with E-state index in [0.717, 1.165) is 60.8 Å². The number of hydrogen-bond acceptors (Lipinski definition) is 4. The molecular weight excluding hydrogens is 383 g/mol. The maximum atomic E-state index is 14.0. The van der Waals surface area contributed by atoms with Gasteiger partial charge >= 0.3 is 6.03 Å². The molecule has 2 aromatic heterocycles. The second-order valence-electron chi connectivity index (χ2n) is 7.28. The molecule has 2 aliphatic rings. The Morgan fingerprint density at radius 1 is 1.46 bits per heavy atom. The minimum atomic E-state index is -3.80. The van der Waals surface area contributed by atoms with Crippen molar-refractivity contribution in [1.82, 2.24) is 14.8 Å². The summed E-state index contributed by atoms with van der Waals surface area (Å²) in [7, 11) is -3.80. The van der Waals surface area contributed by atoms with Crippen molar-refractivity contribution in [3.8, 4) is 0 Å². The summed E-state index contributed by atoms with van der Waals surface area (Å²) < 4.78 is 31.5. The lowest BCUT2D eigenvalue weighted by Crippen LogP contribution is -2.20. The van der Waals surface area contributed by atoms with Gasteiger partial charge in [-0.15, -0.1) is 4.36 Å². The van der Waals surface area contributed by atoms with E-state index in [9.17, 15) is 13.4 Å². The Morgan fingerprint density at radius 2 is 2.21 bits per heavy atom. The predicted octanol–water partition coefficient (Wildman–Crippen LogP) is 3.04. The minimum Gasteiger partial charge on any atom is -0.305 e. The molecular formula is C18H23FN6O2S. The van der Waals surface area contributed by atoms with Crippen LogP contribution in [0.5, 0.6) is 0 Å². The summed E-state index contributed by atoms with van der Waals surface area (Å²) in [6.07, 6.45) is 5.95. The molecule has 3 N–H and O–H groups in total. The highest BCUT2D eigenvalue weighted by Crippen LogP contribution is 2.44. The van der Waals surface area contributed by atoms with Crippen LogP contribution in [-0.4, -0.2) is 25.0 Å². The number of carbonyl (C=O) groups is 1. The second-order valence-corrected chi connectivity index (χ2v) is 8.98. The molecule has 1 saturated carbocycles. The normalized spacial score (nSPS) is 17.9. The first kappa shape index (κ1) is 19.0. The third-order valence-corrected chi connectivity index (χ3v) is 6.47. The maximum Gasteiger partial charge on any atom is 0.354 e. The molecule has 0 aliphatic heterocycles. The van der Waals surface area contributed by atoms with Crippen LogP contribution in [-0.2, 0) is 29.3 Å². The van der Waals surface area contributed by atoms with Gasteiger partial charge in [0.05, 0.1) is 11.9 Å². The first-order chi connectivity index (χ1) is 13.3. The molecule has 28 heavy (non-hydrogen) atoms. The molecule has 0 aromatic carbocycles. The van der Waals surface area contributed by atoms with Crippen molar-refractivity contribution in [1.29, 1.82) is 0 Å². The van der Waals surface area contributed by atoms with E-state index < -0.39 is 26.8 Å². The van der Waals surface area contributed by atoms with Gasteiger partial charge in [0.15, 0.2) is 15.7 Å². The summed E-state index contributed by atoms with van der Waals surface area (Å²) >= 11 is 0. The molecule has 0 spiro atoms. The van der Waals surface area contributed by atoms with Gasteiger partial charge in [-0.1, -0.05) is 0 Å². The van der Waals surface area contributed by atoms with Gasteiger partial charge in [0.1, 0.15) is 0 Å². The number of anilines is 1. The van der Waals surface area contributed by atoms with Gasteiger partial charge in [-0.25, -0.2) is 18.5 Å². The van der Waals surface area contributed by atoms with Crippen LogP contribution in [0.2, 0.25) is 0 Å². The average molecular weight is 406 g/mol. The summed E-state index contributed by atoms with van der Waals surface area (Å²) in [5.74, 6) is -0.410. The van der Waals surface area contributed by atoms with Gasteiger partial charge in [0.25, 0.3) is 0 Å². The molecule has 2 heterocycles. The van der Waals surface area contributed by atoms with E-state index in [2.05, 4.69) is 14.8 Å². The summed E-state index contributed by atoms with van der Waals surface area (Å²) in [6, 6.07) is -0.872. The van der Waals surface area contributed by atoms with Crippen LogP contribution in [0.25, 0.3) is 0 Å². The number of nitrogens with zero attached hydrogens (tertiary/aromatic N) is 4. The highest BCUT2D eigenvalue weighted by Gasteiger charge is 2.31. The van der Waals surface area contributed by atoms with E-state index in [4.69, 9.17) is 10.1 Å². The van der Waals surface area contributed by atoms with Crippen LogP contribution < -0.4 is 10.5 Å². The summed E-state index contributed by atoms with van der Waals surface area (Å²) in [6.45, 7) is 4.06. The largest absolute Gasteiger partial charge is 0.354 e. The van der Waals surface area contributed by atoms with E-state index in [-0.39, 0.29) is 0 Å². The quantitative estimate of drug-likeness (QED) is 0.812. The Labute approximate surface area is 163 Å². The number of rotatable bonds is 4. The lowest BCUT2D eigenvalue weighted by Gasteiger charge is -2.15. The monoisotopic (exact) mass is 406 g/mol. The van der Waals surface area contributed by atoms with E-state index in [0.29, 0.717) is 18.2 Å². The SMILES string of the molecule is CCn1cc(F)c([S@@](N)(=O)=NC(=O)Nc2c(C)c(C3CC3)nc3c2CCC3)n1. The molecule has 1 fully saturated rings. The Bertz CT molecular complexity index is 1080. The van der Waals surface area contributed by atoms with Gasteiger partial charge in [0.2, 0.25) is 5.03 Å². The van der Waals surface area contributed by atoms with Crippen LogP contribution >= 0.6 is 0 Å². The first-order valence-electron chi connectivity index (χ1n) is 9.41. The van der Waals surface area contributed by atoms with E-state index >= 15 is 0 Å². The minimum absolute atomic E-state index is 0.380. The highest BCUT2D eigenvalue weighted by molar-refractivity contribution is 7.91. The fraction of sp³-hybridized carbons (Fsp3) is 0.500. The predicted molar refractivity (Wildman–Crippen MR) is 103 cm³/mol. The molecule has 150 valence electrons. The standard InChI is InChI=1S/C18H23FN6O2S/c1-3-25-9-13(19)17(23-25)28(20,27)24-18(26)22-16-10(2)15(11-7-8-11)21-14-6-4-5-12(14)16/h9,11H,3-8H2,1-2H3,(H3,20,21,22,24,26,27)/t28-/m0/s1. The summed E-state index contributed by atoms with van der Waals surface area (Å²) in [4.78, 5) is 17.3. The number of nitrogens with one attached hydrogen (secondary N) is 1. The molecule has 10 heteroatoms. The van der Waals surface area contributed by atoms with E-state index in [1.807, 2.05) is 6.92 Å². The summed E-state index contributed by atoms with van der Waals surface area (Å²) in [5.41, 5.74) is 4.60. The zero-order valence-electron chi connectivity index (χ0n) is 15.9. The third-order valence-electron chi connectivity index (χ3n) is 5.21. The van der Waals surface area contributed by atoms with Crippen LogP contribution in [0, 0.1) is 12.7 Å². The molecule has 2 aromatic rings. The molecule has 0 saturated heterocycles. The number of amides is 2. The van der Waals surface area contributed by atoms with Gasteiger partial charge in [-0.05, 0) is 57.1 Å². The number of hydrogen-bond donors (Lipinski definition) is 2. The van der Waals surface area contributed by atoms with Gasteiger partial charge in [-0.2, -0.15) is 5.10 Å². The number of nitrogens with two attached hydrogens (primary N) is 1. The summed E-state index contributed by atoms with van der Waals surface area (Å²) in [5, 5.41) is 11.7. The Hall–Kier alpha value is -2.33. The fourth-order valence-corrected chi connectivity index (χ4v) is 4.60. The number of aryl methyl sites for hydroxylation is 2. The lowest BCUT2D eigenvalue weighted by molar-refractivity contribution is 0.260.